The SMILES string of the molecule is COc1cc(CNc2ccc(Cl)cc2Cl)cc(OC)c1OC. The fourth-order valence-electron chi connectivity index (χ4n) is 2.07. The van der Waals surface area contributed by atoms with Crippen molar-refractivity contribution in [1.82, 2.24) is 0 Å². The molecule has 0 saturated heterocycles. The van der Waals surface area contributed by atoms with Gasteiger partial charge in [0.2, 0.25) is 5.75 Å². The van der Waals surface area contributed by atoms with Crippen LogP contribution in [0.4, 0.5) is 5.69 Å². The lowest BCUT2D eigenvalue weighted by atomic mass is 10.1. The third kappa shape index (κ3) is 3.70. The molecular weight excluding hydrogens is 325 g/mol. The molecule has 0 aliphatic rings. The van der Waals surface area contributed by atoms with Crippen LogP contribution in [0, 0.1) is 0 Å². The van der Waals surface area contributed by atoms with E-state index in [1.54, 1.807) is 33.5 Å². The number of benzene rings is 2. The zero-order chi connectivity index (χ0) is 16.1. The van der Waals surface area contributed by atoms with Gasteiger partial charge in [-0.05, 0) is 35.9 Å². The van der Waals surface area contributed by atoms with Gasteiger partial charge in [0.05, 0.1) is 32.0 Å². The van der Waals surface area contributed by atoms with Crippen LogP contribution < -0.4 is 19.5 Å². The molecule has 0 atom stereocenters. The normalized spacial score (nSPS) is 10.2. The second kappa shape index (κ2) is 7.47. The first-order valence-corrected chi connectivity index (χ1v) is 7.32. The quantitative estimate of drug-likeness (QED) is 0.831. The Morgan fingerprint density at radius 3 is 2.05 bits per heavy atom. The van der Waals surface area contributed by atoms with E-state index in [0.29, 0.717) is 33.8 Å². The third-order valence-electron chi connectivity index (χ3n) is 3.14. The molecule has 2 rings (SSSR count). The van der Waals surface area contributed by atoms with Gasteiger partial charge in [0.1, 0.15) is 0 Å². The molecule has 2 aromatic carbocycles. The molecule has 2 aromatic rings. The first kappa shape index (κ1) is 16.6. The number of hydrogen-bond donors (Lipinski definition) is 1. The highest BCUT2D eigenvalue weighted by Gasteiger charge is 2.13. The molecular formula is C16H17Cl2NO3. The van der Waals surface area contributed by atoms with Gasteiger partial charge in [0.25, 0.3) is 0 Å². The number of nitrogens with one attached hydrogen (secondary N) is 1. The minimum Gasteiger partial charge on any atom is -0.493 e. The summed E-state index contributed by atoms with van der Waals surface area (Å²) in [4.78, 5) is 0. The summed E-state index contributed by atoms with van der Waals surface area (Å²) < 4.78 is 16.0. The Bertz CT molecular complexity index is 637. The number of hydrogen-bond acceptors (Lipinski definition) is 4. The van der Waals surface area contributed by atoms with Gasteiger partial charge in [-0.15, -0.1) is 0 Å². The molecule has 22 heavy (non-hydrogen) atoms. The van der Waals surface area contributed by atoms with Gasteiger partial charge in [-0.25, -0.2) is 0 Å². The van der Waals surface area contributed by atoms with Crippen LogP contribution in [0.15, 0.2) is 30.3 Å². The monoisotopic (exact) mass is 341 g/mol. The molecule has 0 aromatic heterocycles. The minimum atomic E-state index is 0.554. The summed E-state index contributed by atoms with van der Waals surface area (Å²) in [5, 5.41) is 4.42. The number of anilines is 1. The maximum atomic E-state index is 6.14. The molecule has 6 heteroatoms. The van der Waals surface area contributed by atoms with Gasteiger partial charge in [0, 0.05) is 11.6 Å². The second-order valence-electron chi connectivity index (χ2n) is 4.51. The number of rotatable bonds is 6. The standard InChI is InChI=1S/C16H17Cl2NO3/c1-20-14-6-10(7-15(21-2)16(14)22-3)9-19-13-5-4-11(17)8-12(13)18/h4-8,19H,9H2,1-3H3. The molecule has 1 N–H and O–H groups in total. The van der Waals surface area contributed by atoms with E-state index < -0.39 is 0 Å². The van der Waals surface area contributed by atoms with E-state index in [1.807, 2.05) is 18.2 Å². The van der Waals surface area contributed by atoms with E-state index in [4.69, 9.17) is 37.4 Å². The summed E-state index contributed by atoms with van der Waals surface area (Å²) >= 11 is 12.0. The Morgan fingerprint density at radius 1 is 0.909 bits per heavy atom. The van der Waals surface area contributed by atoms with E-state index in [1.165, 1.54) is 0 Å². The largest absolute Gasteiger partial charge is 0.493 e. The molecule has 0 spiro atoms. The Balaban J connectivity index is 2.22. The van der Waals surface area contributed by atoms with Gasteiger partial charge in [-0.1, -0.05) is 23.2 Å². The Morgan fingerprint density at radius 2 is 1.55 bits per heavy atom. The van der Waals surface area contributed by atoms with E-state index in [-0.39, 0.29) is 0 Å². The van der Waals surface area contributed by atoms with Gasteiger partial charge < -0.3 is 19.5 Å². The second-order valence-corrected chi connectivity index (χ2v) is 5.35. The molecule has 0 aliphatic heterocycles. The van der Waals surface area contributed by atoms with Crippen molar-refractivity contribution in [3.63, 3.8) is 0 Å². The number of halogens is 2. The minimum absolute atomic E-state index is 0.554. The third-order valence-corrected chi connectivity index (χ3v) is 3.69. The lowest BCUT2D eigenvalue weighted by Crippen LogP contribution is -2.02. The van der Waals surface area contributed by atoms with Gasteiger partial charge in [0.15, 0.2) is 11.5 Å². The molecule has 0 amide bonds. The molecule has 0 unspecified atom stereocenters. The smallest absolute Gasteiger partial charge is 0.203 e. The molecule has 4 nitrogen and oxygen atoms in total. The molecule has 0 aliphatic carbocycles. The Kier molecular flexibility index (Phi) is 5.63. The first-order chi connectivity index (χ1) is 10.6. The number of methoxy groups -OCH3 is 3. The van der Waals surface area contributed by atoms with E-state index in [9.17, 15) is 0 Å². The molecule has 0 radical (unpaired) electrons. The van der Waals surface area contributed by atoms with Crippen molar-refractivity contribution >= 4 is 28.9 Å². The maximum Gasteiger partial charge on any atom is 0.203 e. The van der Waals surface area contributed by atoms with Crippen LogP contribution in [-0.4, -0.2) is 21.3 Å². The van der Waals surface area contributed by atoms with Crippen LogP contribution in [0.2, 0.25) is 10.0 Å². The predicted molar refractivity (Wildman–Crippen MR) is 89.9 cm³/mol. The summed E-state index contributed by atoms with van der Waals surface area (Å²) in [5.41, 5.74) is 1.78. The highest BCUT2D eigenvalue weighted by atomic mass is 35.5. The van der Waals surface area contributed by atoms with Crippen LogP contribution >= 0.6 is 23.2 Å². The fraction of sp³-hybridized carbons (Fsp3) is 0.250. The maximum absolute atomic E-state index is 6.14. The molecule has 0 bridgehead atoms. The molecule has 0 heterocycles. The summed E-state index contributed by atoms with van der Waals surface area (Å²) in [6.45, 7) is 0.554. The zero-order valence-electron chi connectivity index (χ0n) is 12.6. The molecule has 118 valence electrons. The van der Waals surface area contributed by atoms with E-state index in [0.717, 1.165) is 11.3 Å². The van der Waals surface area contributed by atoms with Crippen LogP contribution in [0.25, 0.3) is 0 Å². The Hall–Kier alpha value is -1.78. The van der Waals surface area contributed by atoms with Crippen LogP contribution in [0.5, 0.6) is 17.2 Å². The first-order valence-electron chi connectivity index (χ1n) is 6.56. The van der Waals surface area contributed by atoms with Crippen molar-refractivity contribution in [3.8, 4) is 17.2 Å². The van der Waals surface area contributed by atoms with Gasteiger partial charge >= 0.3 is 0 Å². The van der Waals surface area contributed by atoms with Crippen molar-refractivity contribution in [2.24, 2.45) is 0 Å². The van der Waals surface area contributed by atoms with Gasteiger partial charge in [-0.3, -0.25) is 0 Å². The fourth-order valence-corrected chi connectivity index (χ4v) is 2.54. The summed E-state index contributed by atoms with van der Waals surface area (Å²) in [5.74, 6) is 1.79. The average Bonchev–Trinajstić information content (AvgIpc) is 2.52. The van der Waals surface area contributed by atoms with Crippen molar-refractivity contribution in [3.05, 3.63) is 45.9 Å². The summed E-state index contributed by atoms with van der Waals surface area (Å²) in [6, 6.07) is 9.09. The highest BCUT2D eigenvalue weighted by molar-refractivity contribution is 6.36. The number of ether oxygens (including phenoxy) is 3. The zero-order valence-corrected chi connectivity index (χ0v) is 14.1. The van der Waals surface area contributed by atoms with Crippen LogP contribution in [-0.2, 0) is 6.54 Å². The van der Waals surface area contributed by atoms with Gasteiger partial charge in [-0.2, -0.15) is 0 Å². The summed E-state index contributed by atoms with van der Waals surface area (Å²) in [6.07, 6.45) is 0. The van der Waals surface area contributed by atoms with Crippen LogP contribution in [0.3, 0.4) is 0 Å². The lowest BCUT2D eigenvalue weighted by molar-refractivity contribution is 0.324. The molecule has 0 saturated carbocycles. The van der Waals surface area contributed by atoms with E-state index >= 15 is 0 Å². The average molecular weight is 342 g/mol. The predicted octanol–water partition coefficient (Wildman–Crippen LogP) is 4.63. The highest BCUT2D eigenvalue weighted by Crippen LogP contribution is 2.38. The van der Waals surface area contributed by atoms with Crippen molar-refractivity contribution < 1.29 is 14.2 Å². The molecule has 0 fully saturated rings. The van der Waals surface area contributed by atoms with Crippen molar-refractivity contribution in [2.45, 2.75) is 6.54 Å². The Labute approximate surface area is 139 Å². The van der Waals surface area contributed by atoms with Crippen LogP contribution in [0.1, 0.15) is 5.56 Å². The van der Waals surface area contributed by atoms with E-state index in [2.05, 4.69) is 5.32 Å². The van der Waals surface area contributed by atoms with Crippen molar-refractivity contribution in [2.75, 3.05) is 26.6 Å². The van der Waals surface area contributed by atoms with Crippen molar-refractivity contribution in [1.29, 1.82) is 0 Å². The topological polar surface area (TPSA) is 39.7 Å². The summed E-state index contributed by atoms with van der Waals surface area (Å²) in [7, 11) is 4.75. The lowest BCUT2D eigenvalue weighted by Gasteiger charge is -2.15.